The number of benzene rings is 1. The molecule has 1 amide bonds. The van der Waals surface area contributed by atoms with Crippen molar-refractivity contribution in [1.29, 1.82) is 0 Å². The van der Waals surface area contributed by atoms with Gasteiger partial charge in [0.1, 0.15) is 0 Å². The molecular weight excluding hydrogens is 244 g/mol. The van der Waals surface area contributed by atoms with Crippen LogP contribution >= 0.6 is 0 Å². The second kappa shape index (κ2) is 5.53. The molecule has 0 aliphatic rings. The number of carbonyl (C=O) groups is 1. The molecule has 6 nitrogen and oxygen atoms in total. The molecular formula is C13H16N4O2. The van der Waals surface area contributed by atoms with Gasteiger partial charge in [-0.15, -0.1) is 0 Å². The lowest BCUT2D eigenvalue weighted by Crippen LogP contribution is -2.22. The van der Waals surface area contributed by atoms with Gasteiger partial charge in [0.05, 0.1) is 17.9 Å². The summed E-state index contributed by atoms with van der Waals surface area (Å²) < 4.78 is 5.02. The minimum atomic E-state index is -0.166. The first-order valence-corrected chi connectivity index (χ1v) is 5.88. The molecule has 0 bridgehead atoms. The zero-order chi connectivity index (χ0) is 13.8. The normalized spacial score (nSPS) is 10.3. The maximum Gasteiger partial charge on any atom is 0.251 e. The van der Waals surface area contributed by atoms with E-state index in [2.05, 4.69) is 15.9 Å². The molecule has 1 aromatic carbocycles. The maximum absolute atomic E-state index is 12.0. The van der Waals surface area contributed by atoms with Crippen LogP contribution in [0, 0.1) is 13.8 Å². The van der Waals surface area contributed by atoms with Gasteiger partial charge in [0, 0.05) is 11.6 Å². The monoisotopic (exact) mass is 260 g/mol. The average Bonchev–Trinajstić information content (AvgIpc) is 2.81. The molecule has 4 N–H and O–H groups in total. The molecule has 0 fully saturated rings. The molecule has 2 aromatic rings. The highest BCUT2D eigenvalue weighted by atomic mass is 16.5. The van der Waals surface area contributed by atoms with Crippen LogP contribution in [-0.2, 0) is 6.54 Å². The van der Waals surface area contributed by atoms with Gasteiger partial charge in [-0.2, -0.15) is 0 Å². The predicted octanol–water partition coefficient (Wildman–Crippen LogP) is 1.51. The van der Waals surface area contributed by atoms with E-state index >= 15 is 0 Å². The second-order valence-corrected chi connectivity index (χ2v) is 4.29. The third-order valence-corrected chi connectivity index (χ3v) is 2.74. The molecule has 0 unspecified atom stereocenters. The van der Waals surface area contributed by atoms with E-state index in [0.29, 0.717) is 17.9 Å². The highest BCUT2D eigenvalue weighted by Crippen LogP contribution is 2.15. The first-order chi connectivity index (χ1) is 9.10. The number of carbonyl (C=O) groups excluding carboxylic acids is 1. The molecule has 0 saturated carbocycles. The van der Waals surface area contributed by atoms with Crippen LogP contribution in [0.25, 0.3) is 0 Å². The van der Waals surface area contributed by atoms with Gasteiger partial charge in [0.25, 0.3) is 5.91 Å². The van der Waals surface area contributed by atoms with Crippen molar-refractivity contribution in [3.63, 3.8) is 0 Å². The highest BCUT2D eigenvalue weighted by molar-refractivity contribution is 5.94. The number of aryl methyl sites for hydroxylation is 2. The summed E-state index contributed by atoms with van der Waals surface area (Å²) in [4.78, 5) is 12.0. The van der Waals surface area contributed by atoms with Crippen LogP contribution in [0.15, 0.2) is 28.8 Å². The van der Waals surface area contributed by atoms with Crippen molar-refractivity contribution in [2.24, 2.45) is 5.84 Å². The van der Waals surface area contributed by atoms with Crippen LogP contribution in [0.4, 0.5) is 5.69 Å². The van der Waals surface area contributed by atoms with Crippen LogP contribution in [-0.4, -0.2) is 11.1 Å². The molecule has 0 saturated heterocycles. The Kier molecular flexibility index (Phi) is 3.82. The molecule has 0 spiro atoms. The number of anilines is 1. The van der Waals surface area contributed by atoms with Crippen molar-refractivity contribution in [3.8, 4) is 0 Å². The summed E-state index contributed by atoms with van der Waals surface area (Å²) in [6.07, 6.45) is 0. The van der Waals surface area contributed by atoms with Gasteiger partial charge in [-0.3, -0.25) is 10.6 Å². The Morgan fingerprint density at radius 3 is 2.74 bits per heavy atom. The van der Waals surface area contributed by atoms with Gasteiger partial charge >= 0.3 is 0 Å². The molecule has 19 heavy (non-hydrogen) atoms. The summed E-state index contributed by atoms with van der Waals surface area (Å²) in [6.45, 7) is 4.03. The molecule has 0 aliphatic heterocycles. The Balaban J connectivity index is 2.01. The molecule has 0 radical (unpaired) electrons. The van der Waals surface area contributed by atoms with Crippen molar-refractivity contribution in [1.82, 2.24) is 10.5 Å². The highest BCUT2D eigenvalue weighted by Gasteiger charge is 2.08. The zero-order valence-corrected chi connectivity index (χ0v) is 10.9. The van der Waals surface area contributed by atoms with Crippen molar-refractivity contribution >= 4 is 11.6 Å². The molecule has 0 aliphatic carbocycles. The number of amides is 1. The summed E-state index contributed by atoms with van der Waals surface area (Å²) in [6, 6.07) is 7.04. The van der Waals surface area contributed by atoms with Crippen molar-refractivity contribution < 1.29 is 9.32 Å². The van der Waals surface area contributed by atoms with Crippen LogP contribution in [0.3, 0.4) is 0 Å². The minimum Gasteiger partial charge on any atom is -0.359 e. The second-order valence-electron chi connectivity index (χ2n) is 4.29. The number of nitrogens with one attached hydrogen (secondary N) is 2. The minimum absolute atomic E-state index is 0.166. The summed E-state index contributed by atoms with van der Waals surface area (Å²) in [5.41, 5.74) is 5.64. The Hall–Kier alpha value is -2.34. The van der Waals surface area contributed by atoms with Crippen LogP contribution in [0.2, 0.25) is 0 Å². The topological polar surface area (TPSA) is 93.2 Å². The number of aromatic nitrogens is 1. The number of nitrogens with two attached hydrogens (primary N) is 1. The molecule has 100 valence electrons. The first kappa shape index (κ1) is 13.1. The average molecular weight is 260 g/mol. The van der Waals surface area contributed by atoms with Crippen molar-refractivity contribution in [2.75, 3.05) is 5.43 Å². The number of rotatable bonds is 4. The lowest BCUT2D eigenvalue weighted by Gasteiger charge is -2.07. The van der Waals surface area contributed by atoms with Gasteiger partial charge in [0.2, 0.25) is 0 Å². The standard InChI is InChI=1S/C13H16N4O2/c1-8-5-10(3-4-12(8)16-14)13(18)15-7-11-6-9(2)17-19-11/h3-6,16H,7,14H2,1-2H3,(H,15,18). The smallest absolute Gasteiger partial charge is 0.251 e. The molecule has 1 heterocycles. The molecule has 6 heteroatoms. The number of nitrogens with zero attached hydrogens (tertiary/aromatic N) is 1. The number of hydrazine groups is 1. The number of hydrogen-bond acceptors (Lipinski definition) is 5. The lowest BCUT2D eigenvalue weighted by molar-refractivity contribution is 0.0947. The van der Waals surface area contributed by atoms with Crippen LogP contribution in [0.5, 0.6) is 0 Å². The van der Waals surface area contributed by atoms with Crippen LogP contribution < -0.4 is 16.6 Å². The van der Waals surface area contributed by atoms with E-state index in [1.165, 1.54) is 0 Å². The van der Waals surface area contributed by atoms with E-state index in [1.54, 1.807) is 24.3 Å². The molecule has 2 rings (SSSR count). The van der Waals surface area contributed by atoms with Gasteiger partial charge < -0.3 is 15.3 Å². The van der Waals surface area contributed by atoms with Gasteiger partial charge in [0.15, 0.2) is 5.76 Å². The Morgan fingerprint density at radius 2 is 2.16 bits per heavy atom. The Bertz CT molecular complexity index is 592. The van der Waals surface area contributed by atoms with Crippen molar-refractivity contribution in [2.45, 2.75) is 20.4 Å². The van der Waals surface area contributed by atoms with Crippen molar-refractivity contribution in [3.05, 3.63) is 46.8 Å². The van der Waals surface area contributed by atoms with Gasteiger partial charge in [-0.25, -0.2) is 0 Å². The largest absolute Gasteiger partial charge is 0.359 e. The summed E-state index contributed by atoms with van der Waals surface area (Å²) in [5, 5.41) is 6.52. The number of hydrogen-bond donors (Lipinski definition) is 3. The van der Waals surface area contributed by atoms with E-state index in [4.69, 9.17) is 10.4 Å². The van der Waals surface area contributed by atoms with E-state index in [-0.39, 0.29) is 5.91 Å². The molecule has 0 atom stereocenters. The fraction of sp³-hybridized carbons (Fsp3) is 0.231. The fourth-order valence-corrected chi connectivity index (χ4v) is 1.74. The van der Waals surface area contributed by atoms with Gasteiger partial charge in [-0.1, -0.05) is 5.16 Å². The third kappa shape index (κ3) is 3.11. The summed E-state index contributed by atoms with van der Waals surface area (Å²) in [5.74, 6) is 5.81. The van der Waals surface area contributed by atoms with Crippen LogP contribution in [0.1, 0.15) is 27.4 Å². The van der Waals surface area contributed by atoms with E-state index in [9.17, 15) is 4.79 Å². The zero-order valence-electron chi connectivity index (χ0n) is 10.9. The van der Waals surface area contributed by atoms with E-state index < -0.39 is 0 Å². The first-order valence-electron chi connectivity index (χ1n) is 5.88. The Morgan fingerprint density at radius 1 is 1.37 bits per heavy atom. The number of nitrogen functional groups attached to an aromatic ring is 1. The lowest BCUT2D eigenvalue weighted by atomic mass is 10.1. The molecule has 1 aromatic heterocycles. The Labute approximate surface area is 110 Å². The van der Waals surface area contributed by atoms with E-state index in [1.807, 2.05) is 13.8 Å². The quantitative estimate of drug-likeness (QED) is 0.572. The van der Waals surface area contributed by atoms with E-state index in [0.717, 1.165) is 16.9 Å². The maximum atomic E-state index is 12.0. The van der Waals surface area contributed by atoms with Gasteiger partial charge in [-0.05, 0) is 37.6 Å². The fourth-order valence-electron chi connectivity index (χ4n) is 1.74. The summed E-state index contributed by atoms with van der Waals surface area (Å²) in [7, 11) is 0. The summed E-state index contributed by atoms with van der Waals surface area (Å²) >= 11 is 0. The third-order valence-electron chi connectivity index (χ3n) is 2.74. The predicted molar refractivity (Wildman–Crippen MR) is 71.4 cm³/mol. The SMILES string of the molecule is Cc1cc(CNC(=O)c2ccc(NN)c(C)c2)on1.